The molecule has 0 atom stereocenters. The molecule has 2 N–H and O–H groups in total. The highest BCUT2D eigenvalue weighted by atomic mass is 31.2. The first-order valence-electron chi connectivity index (χ1n) is 4.18. The predicted octanol–water partition coefficient (Wildman–Crippen LogP) is -0.128. The van der Waals surface area contributed by atoms with Crippen molar-refractivity contribution in [3.8, 4) is 0 Å². The van der Waals surface area contributed by atoms with Crippen molar-refractivity contribution in [2.45, 2.75) is 20.1 Å². The van der Waals surface area contributed by atoms with Gasteiger partial charge in [0.25, 0.3) is 5.56 Å². The minimum Gasteiger partial charge on any atom is -0.303 e. The minimum absolute atomic E-state index is 0.456. The van der Waals surface area contributed by atoms with Crippen LogP contribution >= 0.6 is 7.82 Å². The Morgan fingerprint density at radius 3 is 2.73 bits per heavy atom. The molecule has 0 spiro atoms. The quantitative estimate of drug-likeness (QED) is 0.704. The lowest BCUT2D eigenvalue weighted by atomic mass is 10.2. The molecule has 1 aromatic rings. The van der Waals surface area contributed by atoms with Crippen molar-refractivity contribution in [3.63, 3.8) is 0 Å². The van der Waals surface area contributed by atoms with Crippen LogP contribution in [0.25, 0.3) is 0 Å². The largest absolute Gasteiger partial charge is 0.471 e. The van der Waals surface area contributed by atoms with Crippen LogP contribution in [-0.4, -0.2) is 19.6 Å². The van der Waals surface area contributed by atoms with Crippen LogP contribution in [0.3, 0.4) is 0 Å². The SMILES string of the molecule is CCc1cnn(COP(=O)(O)O)c(=O)c1. The van der Waals surface area contributed by atoms with Crippen molar-refractivity contribution in [3.05, 3.63) is 28.2 Å². The highest BCUT2D eigenvalue weighted by Crippen LogP contribution is 2.35. The Bertz CT molecular complexity index is 437. The molecule has 1 aromatic heterocycles. The molecule has 8 heteroatoms. The lowest BCUT2D eigenvalue weighted by Gasteiger charge is -2.06. The molecule has 0 bridgehead atoms. The van der Waals surface area contributed by atoms with E-state index in [1.54, 1.807) is 0 Å². The number of phosphoric acid groups is 1. The van der Waals surface area contributed by atoms with Gasteiger partial charge in [0.1, 0.15) is 0 Å². The zero-order valence-electron chi connectivity index (χ0n) is 8.03. The van der Waals surface area contributed by atoms with Crippen LogP contribution in [0.4, 0.5) is 0 Å². The lowest BCUT2D eigenvalue weighted by Crippen LogP contribution is -2.23. The summed E-state index contributed by atoms with van der Waals surface area (Å²) in [5, 5.41) is 3.69. The zero-order valence-corrected chi connectivity index (χ0v) is 8.92. The number of hydrogen-bond donors (Lipinski definition) is 2. The fourth-order valence-corrected chi connectivity index (χ4v) is 1.15. The maximum Gasteiger partial charge on any atom is 0.471 e. The molecule has 0 amide bonds. The van der Waals surface area contributed by atoms with Crippen molar-refractivity contribution in [1.29, 1.82) is 0 Å². The summed E-state index contributed by atoms with van der Waals surface area (Å²) in [5.74, 6) is 0. The standard InChI is InChI=1S/C7H11N2O5P/c1-2-6-3-7(10)9(8-4-6)5-14-15(11,12)13/h3-4H,2,5H2,1H3,(H2,11,12,13). The van der Waals surface area contributed by atoms with Gasteiger partial charge in [0.15, 0.2) is 6.73 Å². The number of phosphoric ester groups is 1. The van der Waals surface area contributed by atoms with E-state index in [2.05, 4.69) is 9.62 Å². The maximum atomic E-state index is 11.3. The second kappa shape index (κ2) is 4.67. The molecule has 1 rings (SSSR count). The average Bonchev–Trinajstić information content (AvgIpc) is 2.14. The Morgan fingerprint density at radius 1 is 1.60 bits per heavy atom. The highest BCUT2D eigenvalue weighted by molar-refractivity contribution is 7.46. The smallest absolute Gasteiger partial charge is 0.303 e. The summed E-state index contributed by atoms with van der Waals surface area (Å²) in [5.41, 5.74) is 0.301. The monoisotopic (exact) mass is 234 g/mol. The van der Waals surface area contributed by atoms with Crippen LogP contribution in [0.1, 0.15) is 12.5 Å². The second-order valence-corrected chi connectivity index (χ2v) is 4.04. The number of aromatic nitrogens is 2. The first-order valence-corrected chi connectivity index (χ1v) is 5.71. The topological polar surface area (TPSA) is 102 Å². The Hall–Kier alpha value is -1.01. The third kappa shape index (κ3) is 3.93. The van der Waals surface area contributed by atoms with Gasteiger partial charge in [-0.3, -0.25) is 9.32 Å². The predicted molar refractivity (Wildman–Crippen MR) is 51.0 cm³/mol. The molecule has 0 aromatic carbocycles. The summed E-state index contributed by atoms with van der Waals surface area (Å²) in [6, 6.07) is 1.34. The number of rotatable bonds is 4. The first-order chi connectivity index (χ1) is 6.92. The fraction of sp³-hybridized carbons (Fsp3) is 0.429. The normalized spacial score (nSPS) is 11.7. The van der Waals surface area contributed by atoms with Crippen LogP contribution < -0.4 is 5.56 Å². The van der Waals surface area contributed by atoms with Crippen LogP contribution in [-0.2, 0) is 22.2 Å². The van der Waals surface area contributed by atoms with Crippen LogP contribution in [0.5, 0.6) is 0 Å². The van der Waals surface area contributed by atoms with Crippen molar-refractivity contribution in [1.82, 2.24) is 9.78 Å². The molecule has 0 saturated carbocycles. The molecule has 0 radical (unpaired) electrons. The van der Waals surface area contributed by atoms with E-state index in [4.69, 9.17) is 9.79 Å². The molecule has 0 aliphatic carbocycles. The van der Waals surface area contributed by atoms with Crippen LogP contribution in [0.15, 0.2) is 17.1 Å². The molecule has 1 heterocycles. The van der Waals surface area contributed by atoms with Gasteiger partial charge in [0, 0.05) is 6.07 Å². The average molecular weight is 234 g/mol. The number of hydrogen-bond acceptors (Lipinski definition) is 4. The van der Waals surface area contributed by atoms with Crippen LogP contribution in [0, 0.1) is 0 Å². The molecule has 0 fully saturated rings. The van der Waals surface area contributed by atoms with E-state index in [9.17, 15) is 9.36 Å². The zero-order chi connectivity index (χ0) is 11.5. The molecule has 0 aliphatic rings. The minimum atomic E-state index is -4.57. The molecule has 0 aliphatic heterocycles. The fourth-order valence-electron chi connectivity index (χ4n) is 0.891. The van der Waals surface area contributed by atoms with Gasteiger partial charge >= 0.3 is 7.82 Å². The number of nitrogens with zero attached hydrogens (tertiary/aromatic N) is 2. The van der Waals surface area contributed by atoms with Gasteiger partial charge in [0.05, 0.1) is 6.20 Å². The molecular weight excluding hydrogens is 223 g/mol. The summed E-state index contributed by atoms with van der Waals surface area (Å²) in [6.07, 6.45) is 2.12. The van der Waals surface area contributed by atoms with Crippen molar-refractivity contribution < 1.29 is 18.9 Å². The van der Waals surface area contributed by atoms with Gasteiger partial charge in [0.2, 0.25) is 0 Å². The van der Waals surface area contributed by atoms with Gasteiger partial charge in [-0.25, -0.2) is 9.25 Å². The Kier molecular flexibility index (Phi) is 3.76. The maximum absolute atomic E-state index is 11.3. The molecular formula is C7H11N2O5P. The van der Waals surface area contributed by atoms with E-state index >= 15 is 0 Å². The van der Waals surface area contributed by atoms with Gasteiger partial charge in [-0.1, -0.05) is 6.92 Å². The summed E-state index contributed by atoms with van der Waals surface area (Å²) in [6.45, 7) is 1.31. The summed E-state index contributed by atoms with van der Waals surface area (Å²) in [7, 11) is -4.57. The summed E-state index contributed by atoms with van der Waals surface area (Å²) in [4.78, 5) is 28.1. The van der Waals surface area contributed by atoms with E-state index in [-0.39, 0.29) is 0 Å². The Balaban J connectivity index is 2.79. The van der Waals surface area contributed by atoms with E-state index in [1.807, 2.05) is 6.92 Å². The van der Waals surface area contributed by atoms with Gasteiger partial charge in [-0.15, -0.1) is 0 Å². The van der Waals surface area contributed by atoms with Gasteiger partial charge in [-0.05, 0) is 12.0 Å². The summed E-state index contributed by atoms with van der Waals surface area (Å²) >= 11 is 0. The second-order valence-electron chi connectivity index (χ2n) is 2.80. The van der Waals surface area contributed by atoms with E-state index in [1.165, 1.54) is 12.3 Å². The molecule has 0 saturated heterocycles. The highest BCUT2D eigenvalue weighted by Gasteiger charge is 2.14. The van der Waals surface area contributed by atoms with Crippen molar-refractivity contribution in [2.75, 3.05) is 0 Å². The lowest BCUT2D eigenvalue weighted by molar-refractivity contribution is 0.142. The van der Waals surface area contributed by atoms with E-state index in [0.717, 1.165) is 10.2 Å². The van der Waals surface area contributed by atoms with Crippen molar-refractivity contribution >= 4 is 7.82 Å². The molecule has 15 heavy (non-hydrogen) atoms. The van der Waals surface area contributed by atoms with Gasteiger partial charge in [-0.2, -0.15) is 5.10 Å². The van der Waals surface area contributed by atoms with E-state index < -0.39 is 20.1 Å². The summed E-state index contributed by atoms with van der Waals surface area (Å²) < 4.78 is 15.3. The third-order valence-electron chi connectivity index (χ3n) is 1.68. The first kappa shape index (κ1) is 12.1. The third-order valence-corrected chi connectivity index (χ3v) is 2.13. The van der Waals surface area contributed by atoms with Gasteiger partial charge < -0.3 is 9.79 Å². The van der Waals surface area contributed by atoms with Crippen LogP contribution in [0.2, 0.25) is 0 Å². The van der Waals surface area contributed by atoms with E-state index in [0.29, 0.717) is 6.42 Å². The Morgan fingerprint density at radius 2 is 2.27 bits per heavy atom. The molecule has 0 unspecified atom stereocenters. The molecule has 84 valence electrons. The number of aryl methyl sites for hydroxylation is 1. The van der Waals surface area contributed by atoms with Crippen molar-refractivity contribution in [2.24, 2.45) is 0 Å². The molecule has 7 nitrogen and oxygen atoms in total. The Labute approximate surface area is 85.6 Å².